The molecule has 8 heteroatoms. The molecule has 0 aliphatic carbocycles. The summed E-state index contributed by atoms with van der Waals surface area (Å²) in [5.41, 5.74) is 1.86. The topological polar surface area (TPSA) is 91.4 Å². The molecule has 0 saturated carbocycles. The Morgan fingerprint density at radius 2 is 2.00 bits per heavy atom. The average molecular weight is 403 g/mol. The van der Waals surface area contributed by atoms with Crippen molar-refractivity contribution in [2.45, 2.75) is 37.6 Å². The minimum Gasteiger partial charge on any atom is -0.370 e. The number of benzene rings is 1. The van der Waals surface area contributed by atoms with Crippen LogP contribution in [0.1, 0.15) is 42.1 Å². The number of carbonyl (C=O) groups excluding carboxylic acids is 1. The van der Waals surface area contributed by atoms with Crippen LogP contribution in [0.5, 0.6) is 0 Å². The van der Waals surface area contributed by atoms with E-state index in [1.807, 2.05) is 13.0 Å². The molecule has 0 atom stereocenters. The van der Waals surface area contributed by atoms with Crippen LogP contribution in [0.15, 0.2) is 47.6 Å². The number of carbonyl (C=O) groups is 1. The predicted octanol–water partition coefficient (Wildman–Crippen LogP) is 2.30. The van der Waals surface area contributed by atoms with Gasteiger partial charge >= 0.3 is 0 Å². The highest BCUT2D eigenvalue weighted by Crippen LogP contribution is 2.29. The first-order valence-corrected chi connectivity index (χ1v) is 11.1. The third-order valence-electron chi connectivity index (χ3n) is 4.68. The summed E-state index contributed by atoms with van der Waals surface area (Å²) < 4.78 is 28.3. The molecule has 1 fully saturated rings. The Kier molecular flexibility index (Phi) is 6.64. The smallest absolute Gasteiger partial charge is 0.251 e. The van der Waals surface area contributed by atoms with E-state index in [0.29, 0.717) is 30.8 Å². The molecule has 0 unspecified atom stereocenters. The molecule has 3 rings (SSSR count). The van der Waals surface area contributed by atoms with E-state index in [1.165, 1.54) is 6.07 Å². The molecule has 1 amide bonds. The minimum atomic E-state index is -3.70. The Morgan fingerprint density at radius 1 is 1.21 bits per heavy atom. The van der Waals surface area contributed by atoms with E-state index in [4.69, 9.17) is 0 Å². The normalized spacial score (nSPS) is 14.2. The van der Waals surface area contributed by atoms with Crippen molar-refractivity contribution in [3.8, 4) is 0 Å². The monoisotopic (exact) mass is 402 g/mol. The molecular formula is C20H26N4O3S. The average Bonchev–Trinajstić information content (AvgIpc) is 3.25. The number of rotatable bonds is 8. The SMILES string of the molecule is CCCNS(=O)(=O)c1cc(C(=O)NCc2cccnc2)ccc1N1CCCC1. The zero-order chi connectivity index (χ0) is 20.0. The van der Waals surface area contributed by atoms with Gasteiger partial charge in [0.2, 0.25) is 10.0 Å². The van der Waals surface area contributed by atoms with Crippen molar-refractivity contribution < 1.29 is 13.2 Å². The lowest BCUT2D eigenvalue weighted by Crippen LogP contribution is -2.29. The molecule has 2 heterocycles. The lowest BCUT2D eigenvalue weighted by molar-refractivity contribution is 0.0950. The molecule has 150 valence electrons. The number of sulfonamides is 1. The van der Waals surface area contributed by atoms with Gasteiger partial charge in [-0.25, -0.2) is 13.1 Å². The molecule has 1 aliphatic rings. The zero-order valence-electron chi connectivity index (χ0n) is 16.0. The molecule has 1 aromatic carbocycles. The second kappa shape index (κ2) is 9.16. The van der Waals surface area contributed by atoms with Gasteiger partial charge in [-0.1, -0.05) is 13.0 Å². The van der Waals surface area contributed by atoms with Crippen molar-refractivity contribution in [2.75, 3.05) is 24.5 Å². The third kappa shape index (κ3) is 4.88. The summed E-state index contributed by atoms with van der Waals surface area (Å²) in [6.45, 7) is 4.24. The van der Waals surface area contributed by atoms with Gasteiger partial charge < -0.3 is 10.2 Å². The van der Waals surface area contributed by atoms with Gasteiger partial charge in [-0.15, -0.1) is 0 Å². The van der Waals surface area contributed by atoms with E-state index in [2.05, 4.69) is 19.9 Å². The Labute approximate surface area is 166 Å². The molecule has 1 aliphatic heterocycles. The first-order valence-electron chi connectivity index (χ1n) is 9.57. The van der Waals surface area contributed by atoms with Crippen LogP contribution in [-0.4, -0.2) is 38.9 Å². The van der Waals surface area contributed by atoms with Crippen molar-refractivity contribution >= 4 is 21.6 Å². The number of anilines is 1. The summed E-state index contributed by atoms with van der Waals surface area (Å²) >= 11 is 0. The van der Waals surface area contributed by atoms with E-state index < -0.39 is 10.0 Å². The molecule has 0 radical (unpaired) electrons. The third-order valence-corrected chi connectivity index (χ3v) is 6.17. The minimum absolute atomic E-state index is 0.164. The van der Waals surface area contributed by atoms with Crippen LogP contribution in [0.2, 0.25) is 0 Å². The fourth-order valence-corrected chi connectivity index (χ4v) is 4.57. The fourth-order valence-electron chi connectivity index (χ4n) is 3.19. The molecule has 28 heavy (non-hydrogen) atoms. The highest BCUT2D eigenvalue weighted by atomic mass is 32.2. The van der Waals surface area contributed by atoms with Crippen molar-refractivity contribution in [2.24, 2.45) is 0 Å². The number of amides is 1. The van der Waals surface area contributed by atoms with Crippen LogP contribution in [-0.2, 0) is 16.6 Å². The number of aromatic nitrogens is 1. The quantitative estimate of drug-likeness (QED) is 0.707. The summed E-state index contributed by atoms with van der Waals surface area (Å²) in [4.78, 5) is 18.8. The van der Waals surface area contributed by atoms with E-state index in [9.17, 15) is 13.2 Å². The predicted molar refractivity (Wildman–Crippen MR) is 109 cm³/mol. The summed E-state index contributed by atoms with van der Waals surface area (Å²) in [5.74, 6) is -0.316. The first-order chi connectivity index (χ1) is 13.5. The van der Waals surface area contributed by atoms with Crippen LogP contribution in [0.25, 0.3) is 0 Å². The van der Waals surface area contributed by atoms with E-state index in [-0.39, 0.29) is 10.8 Å². The van der Waals surface area contributed by atoms with Crippen LogP contribution in [0.4, 0.5) is 5.69 Å². The molecule has 0 spiro atoms. The van der Waals surface area contributed by atoms with Gasteiger partial charge in [-0.05, 0) is 49.1 Å². The molecule has 0 bridgehead atoms. The van der Waals surface area contributed by atoms with Crippen LogP contribution >= 0.6 is 0 Å². The Hall–Kier alpha value is -2.45. The maximum absolute atomic E-state index is 12.8. The van der Waals surface area contributed by atoms with Gasteiger partial charge in [0.1, 0.15) is 4.90 Å². The van der Waals surface area contributed by atoms with E-state index in [0.717, 1.165) is 31.5 Å². The Morgan fingerprint density at radius 3 is 2.68 bits per heavy atom. The highest BCUT2D eigenvalue weighted by molar-refractivity contribution is 7.89. The second-order valence-electron chi connectivity index (χ2n) is 6.82. The van der Waals surface area contributed by atoms with Gasteiger partial charge in [-0.2, -0.15) is 0 Å². The van der Waals surface area contributed by atoms with Gasteiger partial charge in [-0.3, -0.25) is 9.78 Å². The lowest BCUT2D eigenvalue weighted by Gasteiger charge is -2.22. The highest BCUT2D eigenvalue weighted by Gasteiger charge is 2.25. The number of hydrogen-bond acceptors (Lipinski definition) is 5. The van der Waals surface area contributed by atoms with Crippen molar-refractivity contribution in [1.82, 2.24) is 15.0 Å². The molecule has 2 N–H and O–H groups in total. The summed E-state index contributed by atoms with van der Waals surface area (Å²) in [5, 5.41) is 2.82. The fraction of sp³-hybridized carbons (Fsp3) is 0.400. The zero-order valence-corrected chi connectivity index (χ0v) is 16.8. The van der Waals surface area contributed by atoms with Gasteiger partial charge in [0, 0.05) is 44.1 Å². The second-order valence-corrected chi connectivity index (χ2v) is 8.55. The lowest BCUT2D eigenvalue weighted by atomic mass is 10.1. The largest absolute Gasteiger partial charge is 0.370 e. The first kappa shape index (κ1) is 20.3. The van der Waals surface area contributed by atoms with Crippen molar-refractivity contribution in [3.05, 3.63) is 53.9 Å². The summed E-state index contributed by atoms with van der Waals surface area (Å²) in [6, 6.07) is 8.57. The maximum atomic E-state index is 12.8. The molecule has 1 aromatic heterocycles. The van der Waals surface area contributed by atoms with Crippen molar-refractivity contribution in [3.63, 3.8) is 0 Å². The van der Waals surface area contributed by atoms with Gasteiger partial charge in [0.15, 0.2) is 0 Å². The molecule has 7 nitrogen and oxygen atoms in total. The standard InChI is InChI=1S/C20H26N4O3S/c1-2-9-23-28(26,27)19-13-17(7-8-18(19)24-11-3-4-12-24)20(25)22-15-16-6-5-10-21-14-16/h5-8,10,13-14,23H,2-4,9,11-12,15H2,1H3,(H,22,25). The molecule has 1 saturated heterocycles. The molecular weight excluding hydrogens is 376 g/mol. The van der Waals surface area contributed by atoms with Crippen LogP contribution in [0, 0.1) is 0 Å². The van der Waals surface area contributed by atoms with Crippen LogP contribution in [0.3, 0.4) is 0 Å². The van der Waals surface area contributed by atoms with Crippen LogP contribution < -0.4 is 14.9 Å². The summed E-state index contributed by atoms with van der Waals surface area (Å²) in [7, 11) is -3.70. The number of pyridine rings is 1. The summed E-state index contributed by atoms with van der Waals surface area (Å²) in [6.07, 6.45) is 6.12. The Balaban J connectivity index is 1.86. The van der Waals surface area contributed by atoms with E-state index >= 15 is 0 Å². The maximum Gasteiger partial charge on any atom is 0.251 e. The van der Waals surface area contributed by atoms with Gasteiger partial charge in [0.05, 0.1) is 5.69 Å². The molecule has 2 aromatic rings. The Bertz CT molecular complexity index is 910. The van der Waals surface area contributed by atoms with Gasteiger partial charge in [0.25, 0.3) is 5.91 Å². The number of nitrogens with zero attached hydrogens (tertiary/aromatic N) is 2. The van der Waals surface area contributed by atoms with E-state index in [1.54, 1.807) is 30.6 Å². The number of nitrogens with one attached hydrogen (secondary N) is 2. The van der Waals surface area contributed by atoms with Crippen molar-refractivity contribution in [1.29, 1.82) is 0 Å². The number of hydrogen-bond donors (Lipinski definition) is 2.